The minimum absolute atomic E-state index is 0.0565. The SMILES string of the molecule is Cn1ncnc1-c1cc[n+](CCC(=O)O)nc1.O=C(O)C(F)(F)F. The monoisotopic (exact) mass is 348 g/mol. The van der Waals surface area contributed by atoms with Gasteiger partial charge in [0, 0.05) is 18.7 Å². The van der Waals surface area contributed by atoms with Crippen LogP contribution in [0.5, 0.6) is 0 Å². The molecule has 0 spiro atoms. The van der Waals surface area contributed by atoms with Gasteiger partial charge < -0.3 is 10.2 Å². The summed E-state index contributed by atoms with van der Waals surface area (Å²) < 4.78 is 35.0. The first kappa shape index (κ1) is 19.0. The van der Waals surface area contributed by atoms with E-state index in [1.165, 1.54) is 6.33 Å². The van der Waals surface area contributed by atoms with Gasteiger partial charge in [-0.2, -0.15) is 18.3 Å². The Morgan fingerprint density at radius 2 is 1.96 bits per heavy atom. The fourth-order valence-corrected chi connectivity index (χ4v) is 1.42. The number of alkyl halides is 3. The molecule has 0 saturated carbocycles. The van der Waals surface area contributed by atoms with Gasteiger partial charge >= 0.3 is 18.1 Å². The van der Waals surface area contributed by atoms with Crippen LogP contribution in [0.15, 0.2) is 24.8 Å². The minimum Gasteiger partial charge on any atom is -0.481 e. The summed E-state index contributed by atoms with van der Waals surface area (Å²) in [6.45, 7) is 0.356. The van der Waals surface area contributed by atoms with Crippen molar-refractivity contribution >= 4 is 11.9 Å². The summed E-state index contributed by atoms with van der Waals surface area (Å²) in [4.78, 5) is 23.4. The van der Waals surface area contributed by atoms with Gasteiger partial charge in [0.15, 0.2) is 18.6 Å². The van der Waals surface area contributed by atoms with Crippen LogP contribution >= 0.6 is 0 Å². The van der Waals surface area contributed by atoms with Gasteiger partial charge in [0.2, 0.25) is 0 Å². The molecule has 0 atom stereocenters. The second-order valence-electron chi connectivity index (χ2n) is 4.33. The van der Waals surface area contributed by atoms with Crippen molar-refractivity contribution in [2.45, 2.75) is 19.1 Å². The van der Waals surface area contributed by atoms with E-state index < -0.39 is 18.1 Å². The number of carboxylic acids is 2. The van der Waals surface area contributed by atoms with Crippen molar-refractivity contribution in [3.63, 3.8) is 0 Å². The number of aliphatic carboxylic acids is 2. The molecule has 0 radical (unpaired) electrons. The van der Waals surface area contributed by atoms with Crippen LogP contribution in [0.3, 0.4) is 0 Å². The van der Waals surface area contributed by atoms with Gasteiger partial charge in [-0.05, 0) is 5.10 Å². The molecule has 0 aliphatic heterocycles. The molecule has 0 unspecified atom stereocenters. The topological polar surface area (TPSA) is 122 Å². The van der Waals surface area contributed by atoms with Crippen molar-refractivity contribution in [2.24, 2.45) is 7.05 Å². The summed E-state index contributed by atoms with van der Waals surface area (Å²) in [6, 6.07) is 1.83. The molecule has 0 aromatic carbocycles. The molecule has 24 heavy (non-hydrogen) atoms. The molecule has 0 aliphatic carbocycles. The van der Waals surface area contributed by atoms with Crippen LogP contribution in [0, 0.1) is 0 Å². The van der Waals surface area contributed by atoms with Gasteiger partial charge in [-0.15, -0.1) is 0 Å². The Bertz CT molecular complexity index is 699. The maximum absolute atomic E-state index is 10.6. The Morgan fingerprint density at radius 1 is 1.33 bits per heavy atom. The Kier molecular flexibility index (Phi) is 6.32. The number of hydrogen-bond donors (Lipinski definition) is 2. The minimum atomic E-state index is -5.08. The molecule has 0 fully saturated rings. The second kappa shape index (κ2) is 7.99. The summed E-state index contributed by atoms with van der Waals surface area (Å²) in [5.74, 6) is -2.87. The first-order valence-corrected chi connectivity index (χ1v) is 6.33. The quantitative estimate of drug-likeness (QED) is 0.761. The average molecular weight is 348 g/mol. The lowest BCUT2D eigenvalue weighted by Crippen LogP contribution is -2.38. The first-order chi connectivity index (χ1) is 11.1. The number of aromatic nitrogens is 5. The number of hydrogen-bond acceptors (Lipinski definition) is 5. The summed E-state index contributed by atoms with van der Waals surface area (Å²) >= 11 is 0. The lowest BCUT2D eigenvalue weighted by Gasteiger charge is -1.98. The van der Waals surface area contributed by atoms with Crippen LogP contribution in [-0.2, 0) is 23.2 Å². The van der Waals surface area contributed by atoms with Crippen LogP contribution in [-0.4, -0.2) is 48.2 Å². The third-order valence-electron chi connectivity index (χ3n) is 2.54. The van der Waals surface area contributed by atoms with Crippen molar-refractivity contribution in [3.8, 4) is 11.4 Å². The van der Waals surface area contributed by atoms with Crippen molar-refractivity contribution in [1.82, 2.24) is 19.9 Å². The van der Waals surface area contributed by atoms with Crippen LogP contribution < -0.4 is 4.68 Å². The van der Waals surface area contributed by atoms with Gasteiger partial charge in [-0.1, -0.05) is 4.68 Å². The highest BCUT2D eigenvalue weighted by molar-refractivity contribution is 5.73. The highest BCUT2D eigenvalue weighted by Crippen LogP contribution is 2.13. The number of carboxylic acid groups (broad SMARTS) is 2. The Balaban J connectivity index is 0.000000351. The smallest absolute Gasteiger partial charge is 0.481 e. The van der Waals surface area contributed by atoms with Gasteiger partial charge in [-0.3, -0.25) is 4.79 Å². The van der Waals surface area contributed by atoms with E-state index >= 15 is 0 Å². The Hall–Kier alpha value is -3.05. The summed E-state index contributed by atoms with van der Waals surface area (Å²) in [5, 5.41) is 23.8. The number of aryl methyl sites for hydroxylation is 2. The molecule has 2 rings (SSSR count). The average Bonchev–Trinajstić information content (AvgIpc) is 2.91. The summed E-state index contributed by atoms with van der Waals surface area (Å²) in [6.07, 6.45) is -0.180. The van der Waals surface area contributed by atoms with Crippen molar-refractivity contribution < 1.29 is 37.7 Å². The molecule has 9 nitrogen and oxygen atoms in total. The van der Waals surface area contributed by atoms with Gasteiger partial charge in [0.05, 0.1) is 0 Å². The van der Waals surface area contributed by atoms with Crippen molar-refractivity contribution in [2.75, 3.05) is 0 Å². The van der Waals surface area contributed by atoms with Crippen LogP contribution in [0.1, 0.15) is 6.42 Å². The van der Waals surface area contributed by atoms with Crippen LogP contribution in [0.4, 0.5) is 13.2 Å². The van der Waals surface area contributed by atoms with E-state index in [-0.39, 0.29) is 6.42 Å². The zero-order valence-corrected chi connectivity index (χ0v) is 12.3. The number of halogens is 3. The maximum Gasteiger partial charge on any atom is 0.490 e. The maximum atomic E-state index is 10.6. The first-order valence-electron chi connectivity index (χ1n) is 6.33. The standard InChI is InChI=1S/C10H11N5O2.C2HF3O2/c1-14-10(11-7-13-14)8-2-4-15(12-6-8)5-3-9(16)17;3-2(4,5)1(6)7/h2,4,6-7H,3,5H2,1H3;(H,6,7)/p+1. The molecule has 0 saturated heterocycles. The molecule has 2 aromatic rings. The zero-order valence-electron chi connectivity index (χ0n) is 12.3. The third kappa shape index (κ3) is 5.98. The van der Waals surface area contributed by atoms with E-state index in [4.69, 9.17) is 15.0 Å². The van der Waals surface area contributed by atoms with E-state index in [0.29, 0.717) is 6.54 Å². The van der Waals surface area contributed by atoms with Gasteiger partial charge in [-0.25, -0.2) is 14.5 Å². The lowest BCUT2D eigenvalue weighted by molar-refractivity contribution is -0.752. The van der Waals surface area contributed by atoms with Gasteiger partial charge in [0.25, 0.3) is 0 Å². The van der Waals surface area contributed by atoms with Crippen LogP contribution in [0.2, 0.25) is 0 Å². The molecule has 2 aromatic heterocycles. The van der Waals surface area contributed by atoms with Crippen LogP contribution in [0.25, 0.3) is 11.4 Å². The predicted octanol–water partition coefficient (Wildman–Crippen LogP) is 0.273. The van der Waals surface area contributed by atoms with E-state index in [1.54, 1.807) is 28.8 Å². The molecule has 0 aliphatic rings. The fraction of sp³-hybridized carbons (Fsp3) is 0.333. The molecule has 2 heterocycles. The fourth-order valence-electron chi connectivity index (χ4n) is 1.42. The Morgan fingerprint density at radius 3 is 2.33 bits per heavy atom. The third-order valence-corrected chi connectivity index (χ3v) is 2.54. The predicted molar refractivity (Wildman–Crippen MR) is 70.4 cm³/mol. The molecular formula is C12H13F3N5O4+. The van der Waals surface area contributed by atoms with E-state index in [1.807, 2.05) is 6.07 Å². The summed E-state index contributed by atoms with van der Waals surface area (Å²) in [7, 11) is 1.80. The molecule has 2 N–H and O–H groups in total. The summed E-state index contributed by atoms with van der Waals surface area (Å²) in [5.41, 5.74) is 0.844. The van der Waals surface area contributed by atoms with E-state index in [9.17, 15) is 18.0 Å². The van der Waals surface area contributed by atoms with Gasteiger partial charge in [0.1, 0.15) is 18.9 Å². The number of nitrogens with zero attached hydrogens (tertiary/aromatic N) is 5. The number of rotatable bonds is 4. The molecule has 0 amide bonds. The van der Waals surface area contributed by atoms with Crippen molar-refractivity contribution in [3.05, 3.63) is 24.8 Å². The lowest BCUT2D eigenvalue weighted by atomic mass is 10.3. The molecular weight excluding hydrogens is 335 g/mol. The zero-order chi connectivity index (χ0) is 18.3. The normalized spacial score (nSPS) is 10.7. The molecule has 0 bridgehead atoms. The highest BCUT2D eigenvalue weighted by Gasteiger charge is 2.38. The van der Waals surface area contributed by atoms with E-state index in [2.05, 4.69) is 15.2 Å². The molecule has 130 valence electrons. The highest BCUT2D eigenvalue weighted by atomic mass is 19.4. The number of carbonyl (C=O) groups is 2. The van der Waals surface area contributed by atoms with E-state index in [0.717, 1.165) is 11.4 Å². The van der Waals surface area contributed by atoms with Crippen molar-refractivity contribution in [1.29, 1.82) is 0 Å². The largest absolute Gasteiger partial charge is 0.490 e. The molecule has 12 heteroatoms. The Labute approximate surface area is 133 Å². The second-order valence-corrected chi connectivity index (χ2v) is 4.33.